The summed E-state index contributed by atoms with van der Waals surface area (Å²) in [6.07, 6.45) is 6.83. The van der Waals surface area contributed by atoms with Gasteiger partial charge in [-0.25, -0.2) is 14.4 Å². The summed E-state index contributed by atoms with van der Waals surface area (Å²) >= 11 is 0. The lowest BCUT2D eigenvalue weighted by molar-refractivity contribution is -0.119. The molecule has 2 aliphatic rings. The van der Waals surface area contributed by atoms with Crippen LogP contribution in [0, 0.1) is 18.7 Å². The number of hydrogen-bond acceptors (Lipinski definition) is 6. The third kappa shape index (κ3) is 5.38. The van der Waals surface area contributed by atoms with Gasteiger partial charge in [-0.1, -0.05) is 0 Å². The van der Waals surface area contributed by atoms with Crippen LogP contribution in [0.5, 0.6) is 11.5 Å². The van der Waals surface area contributed by atoms with E-state index in [2.05, 4.69) is 25.6 Å². The first kappa shape index (κ1) is 25.0. The molecule has 196 valence electrons. The summed E-state index contributed by atoms with van der Waals surface area (Å²) in [6.45, 7) is 3.85. The first-order valence-corrected chi connectivity index (χ1v) is 12.8. The van der Waals surface area contributed by atoms with Crippen LogP contribution in [0.25, 0.3) is 22.3 Å². The molecule has 2 aliphatic carbocycles. The molecule has 0 bridgehead atoms. The van der Waals surface area contributed by atoms with Crippen LogP contribution in [0.2, 0.25) is 0 Å². The number of carbonyl (C=O) groups is 2. The van der Waals surface area contributed by atoms with Crippen molar-refractivity contribution in [2.75, 3.05) is 13.7 Å². The number of rotatable bonds is 8. The molecule has 2 fully saturated rings. The number of H-pyrrole nitrogens is 1. The number of amides is 2. The van der Waals surface area contributed by atoms with Crippen molar-refractivity contribution < 1.29 is 23.5 Å². The Morgan fingerprint density at radius 1 is 1.05 bits per heavy atom. The third-order valence-corrected chi connectivity index (χ3v) is 7.15. The minimum Gasteiger partial charge on any atom is -0.494 e. The number of nitrogens with one attached hydrogen (secondary N) is 3. The summed E-state index contributed by atoms with van der Waals surface area (Å²) in [4.78, 5) is 36.9. The van der Waals surface area contributed by atoms with Crippen LogP contribution in [-0.2, 0) is 4.79 Å². The van der Waals surface area contributed by atoms with E-state index in [1.54, 1.807) is 6.07 Å². The summed E-state index contributed by atoms with van der Waals surface area (Å²) in [5.74, 6) is 0.185. The van der Waals surface area contributed by atoms with Gasteiger partial charge in [0.2, 0.25) is 5.91 Å². The zero-order valence-corrected chi connectivity index (χ0v) is 21.3. The number of nitrogens with zero attached hydrogens (tertiary/aromatic N) is 2. The van der Waals surface area contributed by atoms with Crippen LogP contribution in [0.3, 0.4) is 0 Å². The molecule has 10 heteroatoms. The first-order valence-electron chi connectivity index (χ1n) is 12.8. The number of hydrogen-bond donors (Lipinski definition) is 3. The summed E-state index contributed by atoms with van der Waals surface area (Å²) in [5.41, 5.74) is 3.25. The third-order valence-electron chi connectivity index (χ3n) is 7.15. The lowest BCUT2D eigenvalue weighted by Crippen LogP contribution is -2.43. The number of aromatic nitrogens is 3. The van der Waals surface area contributed by atoms with Crippen molar-refractivity contribution in [3.05, 3.63) is 35.5 Å². The lowest BCUT2D eigenvalue weighted by Gasteiger charge is -2.29. The molecule has 37 heavy (non-hydrogen) atoms. The van der Waals surface area contributed by atoms with Gasteiger partial charge in [-0.3, -0.25) is 9.59 Å². The van der Waals surface area contributed by atoms with Crippen LogP contribution in [-0.4, -0.2) is 52.6 Å². The molecule has 0 saturated heterocycles. The number of aryl methyl sites for hydroxylation is 1. The lowest BCUT2D eigenvalue weighted by atomic mass is 9.91. The number of ether oxygens (including phenoxy) is 2. The molecule has 0 atom stereocenters. The fourth-order valence-corrected chi connectivity index (χ4v) is 5.02. The highest BCUT2D eigenvalue weighted by atomic mass is 19.1. The monoisotopic (exact) mass is 509 g/mol. The van der Waals surface area contributed by atoms with Crippen molar-refractivity contribution in [3.8, 4) is 22.8 Å². The Bertz CT molecular complexity index is 1330. The standard InChI is InChI=1S/C27H32FN5O4/c1-14-23(27(35)33-18-8-6-17(7-9-18)32-15(2)34)25-26(31-14)24(29-13-30-25)19-10-22(36-3)20(28)11-21(19)37-12-16-4-5-16/h10-11,13,16-18,31H,4-9,12H2,1-3H3,(H,32,34)(H,33,35)/t17-,18-. The number of aromatic amines is 1. The average molecular weight is 510 g/mol. The zero-order chi connectivity index (χ0) is 26.1. The molecule has 0 unspecified atom stereocenters. The molecule has 9 nitrogen and oxygen atoms in total. The highest BCUT2D eigenvalue weighted by molar-refractivity contribution is 6.09. The highest BCUT2D eigenvalue weighted by Gasteiger charge is 2.28. The SMILES string of the molecule is COc1cc(-c2ncnc3c(C(=O)N[C@H]4CC[C@H](NC(C)=O)CC4)c(C)[nH]c23)c(OCC2CC2)cc1F. The van der Waals surface area contributed by atoms with Crippen molar-refractivity contribution in [2.24, 2.45) is 5.92 Å². The maximum absolute atomic E-state index is 14.6. The molecule has 2 aromatic heterocycles. The van der Waals surface area contributed by atoms with Gasteiger partial charge in [0.15, 0.2) is 11.6 Å². The molecule has 3 aromatic rings. The maximum atomic E-state index is 14.6. The second-order valence-corrected chi connectivity index (χ2v) is 10.0. The largest absolute Gasteiger partial charge is 0.494 e. The molecule has 0 spiro atoms. The number of benzene rings is 1. The van der Waals surface area contributed by atoms with E-state index in [-0.39, 0.29) is 29.6 Å². The van der Waals surface area contributed by atoms with Gasteiger partial charge >= 0.3 is 0 Å². The molecular formula is C27H32FN5O4. The fourth-order valence-electron chi connectivity index (χ4n) is 5.02. The Hall–Kier alpha value is -3.69. The van der Waals surface area contributed by atoms with Gasteiger partial charge in [-0.2, -0.15) is 0 Å². The van der Waals surface area contributed by atoms with Gasteiger partial charge in [-0.05, 0) is 57.4 Å². The Morgan fingerprint density at radius 3 is 2.41 bits per heavy atom. The summed E-state index contributed by atoms with van der Waals surface area (Å²) in [7, 11) is 1.41. The first-order chi connectivity index (χ1) is 17.8. The molecule has 2 amide bonds. The number of methoxy groups -OCH3 is 1. The molecule has 1 aromatic carbocycles. The Morgan fingerprint density at radius 2 is 1.76 bits per heavy atom. The molecule has 0 aliphatic heterocycles. The minimum absolute atomic E-state index is 0.0203. The van der Waals surface area contributed by atoms with E-state index in [1.165, 1.54) is 26.4 Å². The van der Waals surface area contributed by atoms with E-state index in [4.69, 9.17) is 9.47 Å². The van der Waals surface area contributed by atoms with Gasteiger partial charge < -0.3 is 25.1 Å². The zero-order valence-electron chi connectivity index (χ0n) is 21.3. The van der Waals surface area contributed by atoms with E-state index < -0.39 is 5.82 Å². The normalized spacial score (nSPS) is 19.5. The molecule has 2 saturated carbocycles. The number of halogens is 1. The second kappa shape index (κ2) is 10.4. The number of fused-ring (bicyclic) bond motifs is 1. The Kier molecular flexibility index (Phi) is 6.99. The van der Waals surface area contributed by atoms with E-state index in [1.807, 2.05) is 6.92 Å². The predicted molar refractivity (Wildman–Crippen MR) is 136 cm³/mol. The maximum Gasteiger partial charge on any atom is 0.255 e. The van der Waals surface area contributed by atoms with Gasteiger partial charge in [0.05, 0.1) is 24.8 Å². The minimum atomic E-state index is -0.515. The van der Waals surface area contributed by atoms with Gasteiger partial charge in [-0.15, -0.1) is 0 Å². The molecular weight excluding hydrogens is 477 g/mol. The number of carbonyl (C=O) groups excluding carboxylic acids is 2. The summed E-state index contributed by atoms with van der Waals surface area (Å²) < 4.78 is 25.8. The topological polar surface area (TPSA) is 118 Å². The van der Waals surface area contributed by atoms with Crippen LogP contribution in [0.4, 0.5) is 4.39 Å². The van der Waals surface area contributed by atoms with Gasteiger partial charge in [0, 0.05) is 36.3 Å². The van der Waals surface area contributed by atoms with E-state index >= 15 is 0 Å². The smallest absolute Gasteiger partial charge is 0.255 e. The van der Waals surface area contributed by atoms with E-state index in [0.717, 1.165) is 38.5 Å². The second-order valence-electron chi connectivity index (χ2n) is 10.0. The summed E-state index contributed by atoms with van der Waals surface area (Å²) in [6, 6.07) is 3.07. The van der Waals surface area contributed by atoms with Crippen molar-refractivity contribution in [1.82, 2.24) is 25.6 Å². The quantitative estimate of drug-likeness (QED) is 0.422. The van der Waals surface area contributed by atoms with Gasteiger partial charge in [0.25, 0.3) is 5.91 Å². The van der Waals surface area contributed by atoms with Crippen molar-refractivity contribution >= 4 is 22.8 Å². The molecule has 3 N–H and O–H groups in total. The van der Waals surface area contributed by atoms with Crippen LogP contribution in [0.15, 0.2) is 18.5 Å². The van der Waals surface area contributed by atoms with Crippen LogP contribution < -0.4 is 20.1 Å². The van der Waals surface area contributed by atoms with Crippen molar-refractivity contribution in [3.63, 3.8) is 0 Å². The molecule has 0 radical (unpaired) electrons. The predicted octanol–water partition coefficient (Wildman–Crippen LogP) is 4.05. The summed E-state index contributed by atoms with van der Waals surface area (Å²) in [5, 5.41) is 6.09. The Balaban J connectivity index is 1.43. The average Bonchev–Trinajstić information content (AvgIpc) is 3.63. The fraction of sp³-hybridized carbons (Fsp3) is 0.481. The highest BCUT2D eigenvalue weighted by Crippen LogP contribution is 2.39. The van der Waals surface area contributed by atoms with Crippen LogP contribution >= 0.6 is 0 Å². The molecule has 5 rings (SSSR count). The van der Waals surface area contributed by atoms with Crippen LogP contribution in [0.1, 0.15) is 61.5 Å². The van der Waals surface area contributed by atoms with E-state index in [9.17, 15) is 14.0 Å². The van der Waals surface area contributed by atoms with Gasteiger partial charge in [0.1, 0.15) is 23.3 Å². The van der Waals surface area contributed by atoms with Crippen molar-refractivity contribution in [2.45, 2.75) is 64.5 Å². The Labute approximate surface area is 214 Å². The van der Waals surface area contributed by atoms with Crippen molar-refractivity contribution in [1.29, 1.82) is 0 Å². The van der Waals surface area contributed by atoms with E-state index in [0.29, 0.717) is 51.8 Å². The molecule has 2 heterocycles.